The molecule has 1 saturated heterocycles. The standard InChI is InChI=1S/C13H20ClNO2S2/c1-3-13(4-2)5-6-15(10-13)19(16,17)12-7-11(8-14)9-18-12/h7,9H,3-6,8,10H2,1-2H3. The predicted molar refractivity (Wildman–Crippen MR) is 80.3 cm³/mol. The van der Waals surface area contributed by atoms with Crippen molar-refractivity contribution >= 4 is 33.0 Å². The SMILES string of the molecule is CCC1(CC)CCN(S(=O)(=O)c2cc(CCl)cs2)C1. The molecule has 0 bridgehead atoms. The molecular formula is C13H20ClNO2S2. The number of rotatable bonds is 5. The molecule has 1 aliphatic rings. The summed E-state index contributed by atoms with van der Waals surface area (Å²) >= 11 is 7.01. The number of hydrogen-bond acceptors (Lipinski definition) is 3. The first-order valence-corrected chi connectivity index (χ1v) is 9.46. The molecule has 1 fully saturated rings. The summed E-state index contributed by atoms with van der Waals surface area (Å²) in [6.07, 6.45) is 3.03. The van der Waals surface area contributed by atoms with Crippen LogP contribution in [0.25, 0.3) is 0 Å². The van der Waals surface area contributed by atoms with Crippen LogP contribution in [0, 0.1) is 5.41 Å². The van der Waals surface area contributed by atoms with Crippen molar-refractivity contribution in [2.75, 3.05) is 13.1 Å². The first kappa shape index (κ1) is 15.3. The molecule has 1 aromatic rings. The summed E-state index contributed by atoms with van der Waals surface area (Å²) < 4.78 is 27.2. The third kappa shape index (κ3) is 2.84. The monoisotopic (exact) mass is 321 g/mol. The highest BCUT2D eigenvalue weighted by atomic mass is 35.5. The molecule has 0 amide bonds. The van der Waals surface area contributed by atoms with Crippen molar-refractivity contribution in [2.24, 2.45) is 5.41 Å². The molecule has 3 nitrogen and oxygen atoms in total. The molecule has 0 atom stereocenters. The van der Waals surface area contributed by atoms with E-state index in [1.165, 1.54) is 11.3 Å². The second-order valence-electron chi connectivity index (χ2n) is 5.20. The summed E-state index contributed by atoms with van der Waals surface area (Å²) in [5, 5.41) is 1.82. The summed E-state index contributed by atoms with van der Waals surface area (Å²) in [6.45, 7) is 5.58. The molecule has 0 spiro atoms. The molecule has 2 heterocycles. The maximum absolute atomic E-state index is 12.6. The highest BCUT2D eigenvalue weighted by molar-refractivity contribution is 7.91. The van der Waals surface area contributed by atoms with Crippen molar-refractivity contribution in [3.8, 4) is 0 Å². The third-order valence-electron chi connectivity index (χ3n) is 4.28. The van der Waals surface area contributed by atoms with E-state index in [0.717, 1.165) is 24.8 Å². The van der Waals surface area contributed by atoms with Gasteiger partial charge < -0.3 is 0 Å². The number of alkyl halides is 1. The molecule has 2 rings (SSSR count). The summed E-state index contributed by atoms with van der Waals surface area (Å²) in [4.78, 5) is 0. The Kier molecular flexibility index (Phi) is 4.60. The molecule has 0 N–H and O–H groups in total. The number of thiophene rings is 1. The smallest absolute Gasteiger partial charge is 0.206 e. The topological polar surface area (TPSA) is 37.4 Å². The van der Waals surface area contributed by atoms with E-state index >= 15 is 0 Å². The van der Waals surface area contributed by atoms with Crippen LogP contribution in [0.4, 0.5) is 0 Å². The Hall–Kier alpha value is -0.100. The Labute approximate surface area is 124 Å². The van der Waals surface area contributed by atoms with Gasteiger partial charge in [0.2, 0.25) is 0 Å². The van der Waals surface area contributed by atoms with Gasteiger partial charge in [-0.25, -0.2) is 8.42 Å². The number of nitrogens with zero attached hydrogens (tertiary/aromatic N) is 1. The van der Waals surface area contributed by atoms with Gasteiger partial charge in [-0.15, -0.1) is 22.9 Å². The van der Waals surface area contributed by atoms with Crippen molar-refractivity contribution in [2.45, 2.75) is 43.2 Å². The van der Waals surface area contributed by atoms with Gasteiger partial charge in [-0.3, -0.25) is 0 Å². The van der Waals surface area contributed by atoms with Crippen molar-refractivity contribution in [3.63, 3.8) is 0 Å². The molecule has 0 unspecified atom stereocenters. The predicted octanol–water partition coefficient (Wildman–Crippen LogP) is 3.69. The largest absolute Gasteiger partial charge is 0.252 e. The minimum absolute atomic E-state index is 0.166. The summed E-state index contributed by atoms with van der Waals surface area (Å²) in [7, 11) is -3.33. The van der Waals surface area contributed by atoms with Crippen LogP contribution >= 0.6 is 22.9 Å². The molecule has 0 radical (unpaired) electrons. The van der Waals surface area contributed by atoms with Crippen LogP contribution in [0.15, 0.2) is 15.7 Å². The van der Waals surface area contributed by atoms with Gasteiger partial charge in [0, 0.05) is 19.0 Å². The lowest BCUT2D eigenvalue weighted by Crippen LogP contribution is -2.31. The van der Waals surface area contributed by atoms with Gasteiger partial charge in [0.15, 0.2) is 0 Å². The summed E-state index contributed by atoms with van der Waals surface area (Å²) in [5.41, 5.74) is 1.04. The molecule has 0 aliphatic carbocycles. The Morgan fingerprint density at radius 3 is 2.58 bits per heavy atom. The molecule has 19 heavy (non-hydrogen) atoms. The lowest BCUT2D eigenvalue weighted by molar-refractivity contribution is 0.280. The lowest BCUT2D eigenvalue weighted by atomic mass is 9.82. The van der Waals surface area contributed by atoms with Gasteiger partial charge in [-0.1, -0.05) is 13.8 Å². The van der Waals surface area contributed by atoms with Crippen molar-refractivity contribution in [1.82, 2.24) is 4.31 Å². The van der Waals surface area contributed by atoms with E-state index in [9.17, 15) is 8.42 Å². The zero-order chi connectivity index (χ0) is 14.1. The fourth-order valence-electron chi connectivity index (χ4n) is 2.61. The van der Waals surface area contributed by atoms with Gasteiger partial charge in [0.05, 0.1) is 0 Å². The van der Waals surface area contributed by atoms with Gasteiger partial charge in [0.25, 0.3) is 10.0 Å². The van der Waals surface area contributed by atoms with E-state index in [2.05, 4.69) is 13.8 Å². The summed E-state index contributed by atoms with van der Waals surface area (Å²) in [5.74, 6) is 0.361. The van der Waals surface area contributed by atoms with E-state index in [1.807, 2.05) is 5.38 Å². The van der Waals surface area contributed by atoms with Crippen LogP contribution in [-0.2, 0) is 15.9 Å². The summed E-state index contributed by atoms with van der Waals surface area (Å²) in [6, 6.07) is 1.70. The van der Waals surface area contributed by atoms with E-state index < -0.39 is 10.0 Å². The highest BCUT2D eigenvalue weighted by Gasteiger charge is 2.40. The van der Waals surface area contributed by atoms with Crippen LogP contribution in [-0.4, -0.2) is 25.8 Å². The van der Waals surface area contributed by atoms with Crippen LogP contribution in [0.5, 0.6) is 0 Å². The van der Waals surface area contributed by atoms with E-state index in [1.54, 1.807) is 10.4 Å². The van der Waals surface area contributed by atoms with E-state index in [0.29, 0.717) is 23.2 Å². The maximum atomic E-state index is 12.6. The van der Waals surface area contributed by atoms with Gasteiger partial charge in [-0.05, 0) is 41.7 Å². The van der Waals surface area contributed by atoms with E-state index in [4.69, 9.17) is 11.6 Å². The number of hydrogen-bond donors (Lipinski definition) is 0. The minimum atomic E-state index is -3.33. The Bertz CT molecular complexity index is 535. The maximum Gasteiger partial charge on any atom is 0.252 e. The Morgan fingerprint density at radius 2 is 2.11 bits per heavy atom. The Morgan fingerprint density at radius 1 is 1.42 bits per heavy atom. The second kappa shape index (κ2) is 5.72. The molecule has 0 aromatic carbocycles. The molecule has 6 heteroatoms. The lowest BCUT2D eigenvalue weighted by Gasteiger charge is -2.26. The molecule has 0 saturated carbocycles. The average Bonchev–Trinajstić information content (AvgIpc) is 3.06. The zero-order valence-corrected chi connectivity index (χ0v) is 13.7. The number of halogens is 1. The third-order valence-corrected chi connectivity index (χ3v) is 7.90. The normalized spacial score (nSPS) is 19.9. The van der Waals surface area contributed by atoms with Crippen LogP contribution in [0.3, 0.4) is 0 Å². The second-order valence-corrected chi connectivity index (χ2v) is 8.55. The molecule has 108 valence electrons. The van der Waals surface area contributed by atoms with Crippen LogP contribution in [0.2, 0.25) is 0 Å². The van der Waals surface area contributed by atoms with Crippen LogP contribution in [0.1, 0.15) is 38.7 Å². The van der Waals surface area contributed by atoms with Gasteiger partial charge in [-0.2, -0.15) is 4.31 Å². The Balaban J connectivity index is 2.22. The minimum Gasteiger partial charge on any atom is -0.206 e. The van der Waals surface area contributed by atoms with Crippen LogP contribution < -0.4 is 0 Å². The van der Waals surface area contributed by atoms with E-state index in [-0.39, 0.29) is 5.41 Å². The molecule has 1 aromatic heterocycles. The fourth-order valence-corrected chi connectivity index (χ4v) is 5.77. The molecule has 1 aliphatic heterocycles. The van der Waals surface area contributed by atoms with Crippen molar-refractivity contribution in [3.05, 3.63) is 17.0 Å². The highest BCUT2D eigenvalue weighted by Crippen LogP contribution is 2.40. The first-order valence-electron chi connectivity index (χ1n) is 6.61. The van der Waals surface area contributed by atoms with Gasteiger partial charge in [0.1, 0.15) is 4.21 Å². The average molecular weight is 322 g/mol. The molecular weight excluding hydrogens is 302 g/mol. The number of sulfonamides is 1. The quantitative estimate of drug-likeness (QED) is 0.776. The fraction of sp³-hybridized carbons (Fsp3) is 0.692. The van der Waals surface area contributed by atoms with Gasteiger partial charge >= 0.3 is 0 Å². The van der Waals surface area contributed by atoms with Crippen molar-refractivity contribution in [1.29, 1.82) is 0 Å². The van der Waals surface area contributed by atoms with Crippen molar-refractivity contribution < 1.29 is 8.42 Å². The first-order chi connectivity index (χ1) is 8.97. The zero-order valence-electron chi connectivity index (χ0n) is 11.4.